The van der Waals surface area contributed by atoms with Crippen LogP contribution in [0, 0.1) is 12.3 Å². The van der Waals surface area contributed by atoms with Crippen LogP contribution < -0.4 is 10.2 Å². The Morgan fingerprint density at radius 2 is 2.18 bits per heavy atom. The third kappa shape index (κ3) is 3.76. The Kier molecular flexibility index (Phi) is 4.99. The van der Waals surface area contributed by atoms with Crippen molar-refractivity contribution in [2.24, 2.45) is 0 Å². The number of hydrogen-bond donors (Lipinski definition) is 1. The summed E-state index contributed by atoms with van der Waals surface area (Å²) in [6.45, 7) is 5.72. The molecule has 0 radical (unpaired) electrons. The minimum absolute atomic E-state index is 0.421. The number of nitrogens with zero attached hydrogens (tertiary/aromatic N) is 2. The molecule has 1 aromatic heterocycles. The van der Waals surface area contributed by atoms with Crippen molar-refractivity contribution in [2.75, 3.05) is 25.5 Å². The highest BCUT2D eigenvalue weighted by Gasteiger charge is 2.08. The Bertz CT molecular complexity index is 404. The van der Waals surface area contributed by atoms with Crippen LogP contribution in [-0.4, -0.2) is 25.6 Å². The third-order valence-corrected chi connectivity index (χ3v) is 2.58. The molecule has 17 heavy (non-hydrogen) atoms. The molecule has 1 heterocycles. The Morgan fingerprint density at radius 1 is 1.47 bits per heavy atom. The predicted molar refractivity (Wildman–Crippen MR) is 73.2 cm³/mol. The van der Waals surface area contributed by atoms with Gasteiger partial charge in [-0.1, -0.05) is 19.8 Å². The summed E-state index contributed by atoms with van der Waals surface area (Å²) in [4.78, 5) is 6.63. The van der Waals surface area contributed by atoms with Crippen molar-refractivity contribution >= 4 is 5.82 Å². The second kappa shape index (κ2) is 6.27. The van der Waals surface area contributed by atoms with Crippen molar-refractivity contribution in [1.82, 2.24) is 10.3 Å². The standard InChI is InChI=1S/C14H21N3/c1-6-7-17(5)14-9-12(10-15-4)8-13(16-14)11(2)3/h1,8-9,11,15H,7,10H2,2-5H3. The molecule has 0 aliphatic heterocycles. The molecule has 3 nitrogen and oxygen atoms in total. The number of terminal acetylenes is 1. The molecule has 1 aromatic rings. The lowest BCUT2D eigenvalue weighted by Gasteiger charge is -2.18. The zero-order valence-corrected chi connectivity index (χ0v) is 11.1. The van der Waals surface area contributed by atoms with Crippen LogP contribution in [0.1, 0.15) is 31.0 Å². The third-order valence-electron chi connectivity index (χ3n) is 2.58. The normalized spacial score (nSPS) is 10.4. The lowest BCUT2D eigenvalue weighted by atomic mass is 10.1. The van der Waals surface area contributed by atoms with Crippen LogP contribution in [0.3, 0.4) is 0 Å². The fourth-order valence-electron chi connectivity index (χ4n) is 1.61. The summed E-state index contributed by atoms with van der Waals surface area (Å²) in [6, 6.07) is 4.23. The van der Waals surface area contributed by atoms with Gasteiger partial charge in [-0.05, 0) is 30.7 Å². The first-order chi connectivity index (χ1) is 8.08. The molecule has 92 valence electrons. The van der Waals surface area contributed by atoms with Gasteiger partial charge in [0.05, 0.1) is 6.54 Å². The molecular formula is C14H21N3. The Labute approximate surface area is 104 Å². The van der Waals surface area contributed by atoms with E-state index in [1.54, 1.807) is 0 Å². The number of nitrogens with one attached hydrogen (secondary N) is 1. The number of aromatic nitrogens is 1. The molecule has 0 unspecified atom stereocenters. The first kappa shape index (κ1) is 13.5. The van der Waals surface area contributed by atoms with Crippen molar-refractivity contribution in [2.45, 2.75) is 26.3 Å². The van der Waals surface area contributed by atoms with E-state index in [1.807, 2.05) is 19.0 Å². The van der Waals surface area contributed by atoms with Crippen molar-refractivity contribution in [3.05, 3.63) is 23.4 Å². The van der Waals surface area contributed by atoms with Crippen LogP contribution in [0.5, 0.6) is 0 Å². The molecule has 0 aliphatic rings. The summed E-state index contributed by atoms with van der Waals surface area (Å²) < 4.78 is 0. The predicted octanol–water partition coefficient (Wildman–Crippen LogP) is 1.99. The highest BCUT2D eigenvalue weighted by atomic mass is 15.2. The molecular weight excluding hydrogens is 210 g/mol. The van der Waals surface area contributed by atoms with E-state index in [1.165, 1.54) is 5.56 Å². The maximum absolute atomic E-state index is 5.33. The second-order valence-electron chi connectivity index (χ2n) is 4.50. The van der Waals surface area contributed by atoms with E-state index < -0.39 is 0 Å². The Balaban J connectivity index is 3.08. The summed E-state index contributed by atoms with van der Waals surface area (Å²) in [6.07, 6.45) is 5.33. The fourth-order valence-corrected chi connectivity index (χ4v) is 1.61. The summed E-state index contributed by atoms with van der Waals surface area (Å²) in [5.74, 6) is 4.00. The van der Waals surface area contributed by atoms with Gasteiger partial charge >= 0.3 is 0 Å². The minimum atomic E-state index is 0.421. The van der Waals surface area contributed by atoms with E-state index in [2.05, 4.69) is 42.2 Å². The number of rotatable bonds is 5. The molecule has 0 saturated heterocycles. The van der Waals surface area contributed by atoms with Crippen molar-refractivity contribution in [1.29, 1.82) is 0 Å². The Morgan fingerprint density at radius 3 is 2.71 bits per heavy atom. The van der Waals surface area contributed by atoms with E-state index >= 15 is 0 Å². The molecule has 1 rings (SSSR count). The molecule has 0 aromatic carbocycles. The fraction of sp³-hybridized carbons (Fsp3) is 0.500. The molecule has 0 aliphatic carbocycles. The Hall–Kier alpha value is -1.53. The quantitative estimate of drug-likeness (QED) is 0.786. The van der Waals surface area contributed by atoms with Crippen LogP contribution in [0.4, 0.5) is 5.82 Å². The zero-order valence-electron chi connectivity index (χ0n) is 11.1. The summed E-state index contributed by atoms with van der Waals surface area (Å²) in [5, 5.41) is 3.16. The van der Waals surface area contributed by atoms with E-state index in [0.717, 1.165) is 18.1 Å². The maximum Gasteiger partial charge on any atom is 0.129 e. The number of hydrogen-bond acceptors (Lipinski definition) is 3. The molecule has 1 N–H and O–H groups in total. The lowest BCUT2D eigenvalue weighted by molar-refractivity contribution is 0.783. The molecule has 0 saturated carbocycles. The van der Waals surface area contributed by atoms with Crippen LogP contribution in [0.2, 0.25) is 0 Å². The number of pyridine rings is 1. The lowest BCUT2D eigenvalue weighted by Crippen LogP contribution is -2.20. The highest BCUT2D eigenvalue weighted by molar-refractivity contribution is 5.43. The SMILES string of the molecule is C#CCN(C)c1cc(CNC)cc(C(C)C)n1. The van der Waals surface area contributed by atoms with Gasteiger partial charge in [0, 0.05) is 19.3 Å². The van der Waals surface area contributed by atoms with Gasteiger partial charge in [0.15, 0.2) is 0 Å². The summed E-state index contributed by atoms with van der Waals surface area (Å²) in [7, 11) is 3.91. The summed E-state index contributed by atoms with van der Waals surface area (Å²) >= 11 is 0. The van der Waals surface area contributed by atoms with Crippen LogP contribution >= 0.6 is 0 Å². The summed E-state index contributed by atoms with van der Waals surface area (Å²) in [5.41, 5.74) is 2.35. The topological polar surface area (TPSA) is 28.2 Å². The van der Waals surface area contributed by atoms with Crippen LogP contribution in [-0.2, 0) is 6.54 Å². The van der Waals surface area contributed by atoms with Crippen LogP contribution in [0.15, 0.2) is 12.1 Å². The van der Waals surface area contributed by atoms with E-state index in [9.17, 15) is 0 Å². The van der Waals surface area contributed by atoms with E-state index in [0.29, 0.717) is 12.5 Å². The average Bonchev–Trinajstić information content (AvgIpc) is 2.29. The van der Waals surface area contributed by atoms with E-state index in [4.69, 9.17) is 6.42 Å². The van der Waals surface area contributed by atoms with Gasteiger partial charge in [0.1, 0.15) is 5.82 Å². The van der Waals surface area contributed by atoms with Gasteiger partial charge in [0.2, 0.25) is 0 Å². The van der Waals surface area contributed by atoms with Crippen molar-refractivity contribution in [3.8, 4) is 12.3 Å². The monoisotopic (exact) mass is 231 g/mol. The number of anilines is 1. The van der Waals surface area contributed by atoms with Gasteiger partial charge in [-0.15, -0.1) is 6.42 Å². The largest absolute Gasteiger partial charge is 0.349 e. The minimum Gasteiger partial charge on any atom is -0.349 e. The molecule has 0 bridgehead atoms. The van der Waals surface area contributed by atoms with Crippen molar-refractivity contribution in [3.63, 3.8) is 0 Å². The first-order valence-corrected chi connectivity index (χ1v) is 5.88. The molecule has 0 atom stereocenters. The first-order valence-electron chi connectivity index (χ1n) is 5.88. The highest BCUT2D eigenvalue weighted by Crippen LogP contribution is 2.19. The zero-order chi connectivity index (χ0) is 12.8. The van der Waals surface area contributed by atoms with Gasteiger partial charge in [0.25, 0.3) is 0 Å². The van der Waals surface area contributed by atoms with E-state index in [-0.39, 0.29) is 0 Å². The smallest absolute Gasteiger partial charge is 0.129 e. The maximum atomic E-state index is 5.33. The van der Waals surface area contributed by atoms with Gasteiger partial charge < -0.3 is 10.2 Å². The van der Waals surface area contributed by atoms with Gasteiger partial charge in [-0.3, -0.25) is 0 Å². The second-order valence-corrected chi connectivity index (χ2v) is 4.50. The molecule has 0 amide bonds. The van der Waals surface area contributed by atoms with Gasteiger partial charge in [-0.2, -0.15) is 0 Å². The van der Waals surface area contributed by atoms with Gasteiger partial charge in [-0.25, -0.2) is 4.98 Å². The molecule has 0 spiro atoms. The average molecular weight is 231 g/mol. The molecule has 3 heteroatoms. The van der Waals surface area contributed by atoms with Crippen molar-refractivity contribution < 1.29 is 0 Å². The van der Waals surface area contributed by atoms with Crippen LogP contribution in [0.25, 0.3) is 0 Å². The molecule has 0 fully saturated rings.